The number of nitrogens with zero attached hydrogens (tertiary/aromatic N) is 2. The van der Waals surface area contributed by atoms with Gasteiger partial charge in [-0.2, -0.15) is 5.10 Å². The number of rotatable bonds is 4. The standard InChI is InChI=1S/C21H19FN4O/c22-17-5-3-4-16-12-24-26(20(16)17)13-14-8-10-15(11-9-14)21(27)25-19-7-2-1-6-18(19)23/h1-12,16,20H,13,23H2,(H,25,27). The molecule has 2 aromatic rings. The second-order valence-corrected chi connectivity index (χ2v) is 6.56. The minimum absolute atomic E-state index is 0.0311. The molecule has 0 bridgehead atoms. The number of anilines is 2. The molecule has 2 unspecified atom stereocenters. The third kappa shape index (κ3) is 3.46. The van der Waals surface area contributed by atoms with Crippen LogP contribution in [0.4, 0.5) is 15.8 Å². The molecule has 5 nitrogen and oxygen atoms in total. The van der Waals surface area contributed by atoms with E-state index in [1.54, 1.807) is 41.6 Å². The van der Waals surface area contributed by atoms with Gasteiger partial charge in [-0.15, -0.1) is 0 Å². The molecular weight excluding hydrogens is 343 g/mol. The normalized spacial score (nSPS) is 20.3. The molecule has 136 valence electrons. The summed E-state index contributed by atoms with van der Waals surface area (Å²) in [4.78, 5) is 12.4. The minimum atomic E-state index is -0.376. The number of carbonyl (C=O) groups is 1. The van der Waals surface area contributed by atoms with E-state index in [4.69, 9.17) is 5.73 Å². The van der Waals surface area contributed by atoms with Gasteiger partial charge in [-0.05, 0) is 35.9 Å². The molecule has 0 fully saturated rings. The van der Waals surface area contributed by atoms with Crippen LogP contribution in [-0.2, 0) is 6.54 Å². The van der Waals surface area contributed by atoms with Gasteiger partial charge in [0.05, 0.1) is 17.9 Å². The van der Waals surface area contributed by atoms with Gasteiger partial charge in [-0.3, -0.25) is 9.80 Å². The first-order chi connectivity index (χ1) is 13.1. The maximum Gasteiger partial charge on any atom is 0.255 e. The maximum atomic E-state index is 14.1. The average molecular weight is 362 g/mol. The Kier molecular flexibility index (Phi) is 4.46. The fourth-order valence-electron chi connectivity index (χ4n) is 3.26. The summed E-state index contributed by atoms with van der Waals surface area (Å²) in [6.07, 6.45) is 6.91. The first-order valence-electron chi connectivity index (χ1n) is 8.71. The van der Waals surface area contributed by atoms with Crippen LogP contribution in [0.3, 0.4) is 0 Å². The Morgan fingerprint density at radius 1 is 1.19 bits per heavy atom. The van der Waals surface area contributed by atoms with Crippen LogP contribution < -0.4 is 11.1 Å². The van der Waals surface area contributed by atoms with Crippen LogP contribution >= 0.6 is 0 Å². The van der Waals surface area contributed by atoms with Crippen molar-refractivity contribution in [3.8, 4) is 0 Å². The van der Waals surface area contributed by atoms with E-state index in [-0.39, 0.29) is 23.7 Å². The van der Waals surface area contributed by atoms with Crippen molar-refractivity contribution in [3.05, 3.63) is 83.7 Å². The summed E-state index contributed by atoms with van der Waals surface area (Å²) in [5.41, 5.74) is 8.42. The van der Waals surface area contributed by atoms with Crippen LogP contribution in [0.2, 0.25) is 0 Å². The highest BCUT2D eigenvalue weighted by Gasteiger charge is 2.34. The molecule has 1 aliphatic carbocycles. The number of nitrogens with two attached hydrogens (primary N) is 1. The van der Waals surface area contributed by atoms with E-state index in [0.717, 1.165) is 5.56 Å². The monoisotopic (exact) mass is 362 g/mol. The van der Waals surface area contributed by atoms with E-state index in [2.05, 4.69) is 10.4 Å². The molecule has 2 atom stereocenters. The number of allylic oxidation sites excluding steroid dienone is 2. The van der Waals surface area contributed by atoms with Gasteiger partial charge in [0, 0.05) is 17.7 Å². The van der Waals surface area contributed by atoms with Crippen LogP contribution in [0.5, 0.6) is 0 Å². The van der Waals surface area contributed by atoms with Gasteiger partial charge >= 0.3 is 0 Å². The summed E-state index contributed by atoms with van der Waals surface area (Å²) in [5, 5.41) is 8.87. The van der Waals surface area contributed by atoms with E-state index in [9.17, 15) is 9.18 Å². The largest absolute Gasteiger partial charge is 0.397 e. The predicted molar refractivity (Wildman–Crippen MR) is 105 cm³/mol. The Hall–Kier alpha value is -3.41. The molecular formula is C21H19FN4O. The Morgan fingerprint density at radius 2 is 1.96 bits per heavy atom. The number of halogens is 1. The number of nitrogens with one attached hydrogen (secondary N) is 1. The van der Waals surface area contributed by atoms with Crippen molar-refractivity contribution in [1.82, 2.24) is 5.01 Å². The average Bonchev–Trinajstić information content (AvgIpc) is 3.08. The lowest BCUT2D eigenvalue weighted by Gasteiger charge is -2.26. The molecule has 0 spiro atoms. The Balaban J connectivity index is 1.43. The van der Waals surface area contributed by atoms with Crippen molar-refractivity contribution in [1.29, 1.82) is 0 Å². The van der Waals surface area contributed by atoms with Gasteiger partial charge in [0.2, 0.25) is 0 Å². The number of para-hydroxylation sites is 2. The van der Waals surface area contributed by atoms with E-state index < -0.39 is 0 Å². The highest BCUT2D eigenvalue weighted by molar-refractivity contribution is 6.05. The summed E-state index contributed by atoms with van der Waals surface area (Å²) in [6, 6.07) is 13.9. The Bertz CT molecular complexity index is 949. The maximum absolute atomic E-state index is 14.1. The molecule has 0 radical (unpaired) electrons. The van der Waals surface area contributed by atoms with E-state index >= 15 is 0 Å². The van der Waals surface area contributed by atoms with Crippen molar-refractivity contribution >= 4 is 23.5 Å². The van der Waals surface area contributed by atoms with Gasteiger partial charge in [-0.1, -0.05) is 36.4 Å². The fraction of sp³-hybridized carbons (Fsp3) is 0.143. The van der Waals surface area contributed by atoms with Crippen LogP contribution in [0.1, 0.15) is 15.9 Å². The fourth-order valence-corrected chi connectivity index (χ4v) is 3.26. The molecule has 4 rings (SSSR count). The highest BCUT2D eigenvalue weighted by atomic mass is 19.1. The lowest BCUT2D eigenvalue weighted by atomic mass is 9.96. The smallest absolute Gasteiger partial charge is 0.255 e. The van der Waals surface area contributed by atoms with E-state index in [1.807, 2.05) is 30.3 Å². The number of fused-ring (bicyclic) bond motifs is 1. The highest BCUT2D eigenvalue weighted by Crippen LogP contribution is 2.30. The topological polar surface area (TPSA) is 70.7 Å². The van der Waals surface area contributed by atoms with Gasteiger partial charge in [0.1, 0.15) is 11.9 Å². The van der Waals surface area contributed by atoms with Crippen molar-refractivity contribution in [2.75, 3.05) is 11.1 Å². The van der Waals surface area contributed by atoms with Gasteiger partial charge in [-0.25, -0.2) is 4.39 Å². The number of hydrogen-bond acceptors (Lipinski definition) is 4. The number of hydrogen-bond donors (Lipinski definition) is 2. The third-order valence-corrected chi connectivity index (χ3v) is 4.71. The van der Waals surface area contributed by atoms with Gasteiger partial charge < -0.3 is 11.1 Å². The molecule has 3 N–H and O–H groups in total. The quantitative estimate of drug-likeness (QED) is 0.814. The lowest BCUT2D eigenvalue weighted by molar-refractivity contribution is 0.102. The van der Waals surface area contributed by atoms with Crippen molar-refractivity contribution in [3.63, 3.8) is 0 Å². The number of nitrogen functional groups attached to an aromatic ring is 1. The van der Waals surface area contributed by atoms with Gasteiger partial charge in [0.25, 0.3) is 5.91 Å². The molecule has 1 aliphatic heterocycles. The van der Waals surface area contributed by atoms with Crippen LogP contribution in [0, 0.1) is 5.92 Å². The van der Waals surface area contributed by atoms with E-state index in [0.29, 0.717) is 23.5 Å². The van der Waals surface area contributed by atoms with Crippen molar-refractivity contribution in [2.24, 2.45) is 11.0 Å². The van der Waals surface area contributed by atoms with Crippen LogP contribution in [0.15, 0.2) is 77.7 Å². The molecule has 2 aliphatic rings. The lowest BCUT2D eigenvalue weighted by Crippen LogP contribution is -2.33. The summed E-state index contributed by atoms with van der Waals surface area (Å²) in [6.45, 7) is 0.473. The second-order valence-electron chi connectivity index (χ2n) is 6.56. The zero-order chi connectivity index (χ0) is 18.8. The Morgan fingerprint density at radius 3 is 2.74 bits per heavy atom. The second kappa shape index (κ2) is 7.07. The number of carbonyl (C=O) groups excluding carboxylic acids is 1. The predicted octanol–water partition coefficient (Wildman–Crippen LogP) is 3.73. The first kappa shape index (κ1) is 17.0. The first-order valence-corrected chi connectivity index (χ1v) is 8.71. The zero-order valence-electron chi connectivity index (χ0n) is 14.5. The number of benzene rings is 2. The molecule has 1 amide bonds. The molecule has 1 heterocycles. The molecule has 6 heteroatoms. The Labute approximate surface area is 156 Å². The molecule has 0 aromatic heterocycles. The SMILES string of the molecule is Nc1ccccc1NC(=O)c1ccc(CN2N=CC3C=CC=C(F)C32)cc1. The molecule has 27 heavy (non-hydrogen) atoms. The van der Waals surface area contributed by atoms with Gasteiger partial charge in [0.15, 0.2) is 0 Å². The zero-order valence-corrected chi connectivity index (χ0v) is 14.5. The van der Waals surface area contributed by atoms with Crippen molar-refractivity contribution < 1.29 is 9.18 Å². The summed E-state index contributed by atoms with van der Waals surface area (Å²) >= 11 is 0. The summed E-state index contributed by atoms with van der Waals surface area (Å²) < 4.78 is 14.1. The van der Waals surface area contributed by atoms with Crippen molar-refractivity contribution in [2.45, 2.75) is 12.6 Å². The molecule has 0 saturated heterocycles. The minimum Gasteiger partial charge on any atom is -0.397 e. The van der Waals surface area contributed by atoms with Crippen LogP contribution in [0.25, 0.3) is 0 Å². The summed E-state index contributed by atoms with van der Waals surface area (Å²) in [5.74, 6) is -0.446. The molecule has 2 aromatic carbocycles. The molecule has 0 saturated carbocycles. The van der Waals surface area contributed by atoms with Crippen LogP contribution in [-0.4, -0.2) is 23.2 Å². The third-order valence-electron chi connectivity index (χ3n) is 4.71. The number of amides is 1. The summed E-state index contributed by atoms with van der Waals surface area (Å²) in [7, 11) is 0. The number of hydrazone groups is 1. The van der Waals surface area contributed by atoms with E-state index in [1.165, 1.54) is 6.08 Å².